The molecule has 3 aromatic rings. The van der Waals surface area contributed by atoms with E-state index in [9.17, 15) is 14.7 Å². The first-order valence-electron chi connectivity index (χ1n) is 9.62. The molecule has 0 spiro atoms. The molecule has 0 unspecified atom stereocenters. The number of hydrogen-bond acceptors (Lipinski definition) is 6. The molecule has 0 bridgehead atoms. The SMILES string of the molecule is CO[C@@H](/C=C/C(=O)NO)[C@@H](OC(=O)Nc1cccc2ccccc12)c1cc(Br)cc(Br)c1O. The Balaban J connectivity index is 1.96. The summed E-state index contributed by atoms with van der Waals surface area (Å²) in [6.45, 7) is 0. The molecule has 3 aromatic carbocycles. The van der Waals surface area contributed by atoms with Gasteiger partial charge in [-0.1, -0.05) is 52.3 Å². The predicted octanol–water partition coefficient (Wildman–Crippen LogP) is 5.44. The molecule has 0 aliphatic heterocycles. The number of rotatable bonds is 7. The van der Waals surface area contributed by atoms with Crippen LogP contribution in [0.15, 0.2) is 75.7 Å². The maximum atomic E-state index is 12.9. The molecule has 0 aliphatic carbocycles. The molecule has 0 heterocycles. The number of phenols is 1. The van der Waals surface area contributed by atoms with Crippen molar-refractivity contribution >= 4 is 60.3 Å². The van der Waals surface area contributed by atoms with Gasteiger partial charge in [-0.3, -0.25) is 15.3 Å². The Morgan fingerprint density at radius 1 is 1.09 bits per heavy atom. The van der Waals surface area contributed by atoms with Gasteiger partial charge in [0.1, 0.15) is 11.9 Å². The number of hydroxylamine groups is 1. The van der Waals surface area contributed by atoms with Crippen LogP contribution in [0, 0.1) is 0 Å². The highest BCUT2D eigenvalue weighted by molar-refractivity contribution is 9.11. The van der Waals surface area contributed by atoms with Crippen molar-refractivity contribution in [3.63, 3.8) is 0 Å². The summed E-state index contributed by atoms with van der Waals surface area (Å²) in [7, 11) is 1.36. The van der Waals surface area contributed by atoms with Crippen LogP contribution in [0.25, 0.3) is 10.8 Å². The second-order valence-corrected chi connectivity index (χ2v) is 8.61. The zero-order valence-corrected chi connectivity index (χ0v) is 20.5. The summed E-state index contributed by atoms with van der Waals surface area (Å²) >= 11 is 6.62. The molecule has 2 amide bonds. The molecule has 0 aromatic heterocycles. The van der Waals surface area contributed by atoms with Gasteiger partial charge in [-0.15, -0.1) is 0 Å². The van der Waals surface area contributed by atoms with E-state index >= 15 is 0 Å². The van der Waals surface area contributed by atoms with E-state index in [1.165, 1.54) is 18.7 Å². The zero-order valence-electron chi connectivity index (χ0n) is 17.3. The number of phenolic OH excluding ortho intramolecular Hbond substituents is 1. The fourth-order valence-corrected chi connectivity index (χ4v) is 4.48. The minimum atomic E-state index is -1.15. The van der Waals surface area contributed by atoms with Crippen LogP contribution in [0.4, 0.5) is 10.5 Å². The second-order valence-electron chi connectivity index (χ2n) is 6.84. The van der Waals surface area contributed by atoms with Crippen LogP contribution in [0.1, 0.15) is 11.7 Å². The molecular weight excluding hydrogens is 560 g/mol. The zero-order chi connectivity index (χ0) is 24.0. The van der Waals surface area contributed by atoms with Gasteiger partial charge in [0.25, 0.3) is 5.91 Å². The van der Waals surface area contributed by atoms with Gasteiger partial charge < -0.3 is 14.6 Å². The van der Waals surface area contributed by atoms with E-state index in [0.717, 1.165) is 16.8 Å². The first kappa shape index (κ1) is 24.7. The monoisotopic (exact) mass is 578 g/mol. The number of methoxy groups -OCH3 is 1. The number of halogens is 2. The average molecular weight is 580 g/mol. The molecule has 33 heavy (non-hydrogen) atoms. The summed E-state index contributed by atoms with van der Waals surface area (Å²) < 4.78 is 12.1. The quantitative estimate of drug-likeness (QED) is 0.168. The number of benzene rings is 3. The summed E-state index contributed by atoms with van der Waals surface area (Å²) in [6.07, 6.45) is -0.601. The van der Waals surface area contributed by atoms with Gasteiger partial charge in [-0.25, -0.2) is 10.3 Å². The van der Waals surface area contributed by atoms with Crippen LogP contribution in [-0.2, 0) is 14.3 Å². The molecule has 2 atom stereocenters. The van der Waals surface area contributed by atoms with Crippen LogP contribution < -0.4 is 10.8 Å². The number of hydrogen-bond donors (Lipinski definition) is 4. The summed E-state index contributed by atoms with van der Waals surface area (Å²) in [6, 6.07) is 16.2. The van der Waals surface area contributed by atoms with Crippen molar-refractivity contribution in [2.75, 3.05) is 12.4 Å². The molecule has 0 aliphatic rings. The van der Waals surface area contributed by atoms with E-state index in [1.54, 1.807) is 24.3 Å². The fourth-order valence-electron chi connectivity index (χ4n) is 3.22. The molecule has 0 fully saturated rings. The highest BCUT2D eigenvalue weighted by Crippen LogP contribution is 2.39. The predicted molar refractivity (Wildman–Crippen MR) is 130 cm³/mol. The molecule has 8 nitrogen and oxygen atoms in total. The smallest absolute Gasteiger partial charge is 0.412 e. The van der Waals surface area contributed by atoms with Crippen molar-refractivity contribution in [2.24, 2.45) is 0 Å². The van der Waals surface area contributed by atoms with Gasteiger partial charge >= 0.3 is 6.09 Å². The Morgan fingerprint density at radius 2 is 1.82 bits per heavy atom. The van der Waals surface area contributed by atoms with E-state index < -0.39 is 24.2 Å². The number of anilines is 1. The van der Waals surface area contributed by atoms with E-state index in [-0.39, 0.29) is 11.3 Å². The summed E-state index contributed by atoms with van der Waals surface area (Å²) in [5.74, 6) is -0.959. The highest BCUT2D eigenvalue weighted by atomic mass is 79.9. The number of nitrogens with one attached hydrogen (secondary N) is 2. The Hall–Kier alpha value is -2.92. The second kappa shape index (κ2) is 11.3. The molecule has 0 saturated carbocycles. The van der Waals surface area contributed by atoms with Gasteiger partial charge in [-0.05, 0) is 45.6 Å². The fraction of sp³-hybridized carbons (Fsp3) is 0.130. The van der Waals surface area contributed by atoms with E-state index in [0.29, 0.717) is 14.6 Å². The van der Waals surface area contributed by atoms with Gasteiger partial charge in [0.05, 0.1) is 10.2 Å². The van der Waals surface area contributed by atoms with Crippen LogP contribution in [0.3, 0.4) is 0 Å². The highest BCUT2D eigenvalue weighted by Gasteiger charge is 2.29. The largest absolute Gasteiger partial charge is 0.506 e. The molecule has 0 saturated heterocycles. The topological polar surface area (TPSA) is 117 Å². The first-order chi connectivity index (χ1) is 15.8. The maximum absolute atomic E-state index is 12.9. The molecule has 4 N–H and O–H groups in total. The van der Waals surface area contributed by atoms with Gasteiger partial charge in [0, 0.05) is 28.6 Å². The molecule has 0 radical (unpaired) electrons. The third kappa shape index (κ3) is 6.11. The number of carbonyl (C=O) groups excluding carboxylic acids is 2. The average Bonchev–Trinajstić information content (AvgIpc) is 2.81. The molecule has 172 valence electrons. The van der Waals surface area contributed by atoms with E-state index in [1.807, 2.05) is 30.3 Å². The Morgan fingerprint density at radius 3 is 2.55 bits per heavy atom. The normalized spacial score (nSPS) is 13.0. The molecule has 10 heteroatoms. The third-order valence-corrected chi connectivity index (χ3v) is 5.80. The Kier molecular flexibility index (Phi) is 8.45. The van der Waals surface area contributed by atoms with Gasteiger partial charge in [-0.2, -0.15) is 0 Å². The maximum Gasteiger partial charge on any atom is 0.412 e. The summed E-state index contributed by atoms with van der Waals surface area (Å²) in [5.41, 5.74) is 2.25. The Bertz CT molecular complexity index is 1200. The minimum Gasteiger partial charge on any atom is -0.506 e. The van der Waals surface area contributed by atoms with Crippen molar-refractivity contribution in [1.82, 2.24) is 5.48 Å². The van der Waals surface area contributed by atoms with Gasteiger partial charge in [0.2, 0.25) is 0 Å². The lowest BCUT2D eigenvalue weighted by atomic mass is 10.0. The minimum absolute atomic E-state index is 0.164. The van der Waals surface area contributed by atoms with Crippen LogP contribution in [0.5, 0.6) is 5.75 Å². The van der Waals surface area contributed by atoms with Crippen molar-refractivity contribution in [1.29, 1.82) is 0 Å². The lowest BCUT2D eigenvalue weighted by molar-refractivity contribution is -0.124. The molecule has 3 rings (SSSR count). The van der Waals surface area contributed by atoms with Crippen molar-refractivity contribution in [2.45, 2.75) is 12.2 Å². The van der Waals surface area contributed by atoms with Gasteiger partial charge in [0.15, 0.2) is 6.10 Å². The summed E-state index contributed by atoms with van der Waals surface area (Å²) in [4.78, 5) is 24.4. The number of carbonyl (C=O) groups is 2. The summed E-state index contributed by atoms with van der Waals surface area (Å²) in [5, 5.41) is 23.9. The van der Waals surface area contributed by atoms with Crippen LogP contribution in [0.2, 0.25) is 0 Å². The van der Waals surface area contributed by atoms with E-state index in [2.05, 4.69) is 37.2 Å². The van der Waals surface area contributed by atoms with Crippen molar-refractivity contribution in [3.05, 3.63) is 81.3 Å². The van der Waals surface area contributed by atoms with Crippen molar-refractivity contribution in [3.8, 4) is 5.75 Å². The van der Waals surface area contributed by atoms with Crippen LogP contribution in [-0.4, -0.2) is 35.5 Å². The standard InChI is InChI=1S/C23H20Br2N2O6/c1-32-19(9-10-20(28)27-31)22(16-11-14(24)12-17(25)21(16)29)33-23(30)26-18-8-4-6-13-5-2-3-7-15(13)18/h2-12,19,22,29,31H,1H3,(H,26,30)(H,27,28)/b10-9+/t19-,22-/m0/s1. The number of amides is 2. The van der Waals surface area contributed by atoms with Crippen LogP contribution >= 0.6 is 31.9 Å². The lowest BCUT2D eigenvalue weighted by Crippen LogP contribution is -2.27. The molecular formula is C23H20Br2N2O6. The lowest BCUT2D eigenvalue weighted by Gasteiger charge is -2.25. The first-order valence-corrected chi connectivity index (χ1v) is 11.2. The number of fused-ring (bicyclic) bond motifs is 1. The number of aromatic hydroxyl groups is 1. The number of ether oxygens (including phenoxy) is 2. The third-order valence-electron chi connectivity index (χ3n) is 4.74. The van der Waals surface area contributed by atoms with Crippen molar-refractivity contribution < 1.29 is 29.4 Å². The Labute approximate surface area is 206 Å². The van der Waals surface area contributed by atoms with E-state index in [4.69, 9.17) is 14.7 Å².